The Hall–Kier alpha value is -2.86. The number of amides is 2. The Kier molecular flexibility index (Phi) is 7.17. The van der Waals surface area contributed by atoms with Gasteiger partial charge in [0, 0.05) is 5.02 Å². The molecule has 0 aliphatic heterocycles. The molecule has 0 saturated heterocycles. The number of hydrazone groups is 1. The second kappa shape index (κ2) is 9.58. The van der Waals surface area contributed by atoms with Crippen molar-refractivity contribution in [3.8, 4) is 5.75 Å². The summed E-state index contributed by atoms with van der Waals surface area (Å²) in [5, 5.41) is 7.13. The van der Waals surface area contributed by atoms with Crippen LogP contribution in [-0.4, -0.2) is 31.2 Å². The van der Waals surface area contributed by atoms with Gasteiger partial charge in [-0.05, 0) is 42.3 Å². The van der Waals surface area contributed by atoms with Crippen molar-refractivity contribution >= 4 is 29.6 Å². The van der Waals surface area contributed by atoms with Gasteiger partial charge in [-0.1, -0.05) is 35.9 Å². The van der Waals surface area contributed by atoms with Crippen molar-refractivity contribution < 1.29 is 14.3 Å². The molecule has 0 aliphatic carbocycles. The highest BCUT2D eigenvalue weighted by atomic mass is 35.5. The highest BCUT2D eigenvalue weighted by Crippen LogP contribution is 2.11. The van der Waals surface area contributed by atoms with Gasteiger partial charge in [0.05, 0.1) is 19.7 Å². The third kappa shape index (κ3) is 6.22. The number of hydrogen-bond donors (Lipinski definition) is 2. The first-order valence-corrected chi connectivity index (χ1v) is 8.36. The van der Waals surface area contributed by atoms with Crippen LogP contribution in [0.1, 0.15) is 18.1 Å². The molecule has 0 fully saturated rings. The zero-order valence-corrected chi connectivity index (χ0v) is 15.3. The number of nitrogens with zero attached hydrogens (tertiary/aromatic N) is 1. The molecule has 0 radical (unpaired) electrons. The van der Waals surface area contributed by atoms with E-state index < -0.39 is 11.9 Å². The third-order valence-electron chi connectivity index (χ3n) is 3.55. The van der Waals surface area contributed by atoms with Crippen LogP contribution in [0.25, 0.3) is 0 Å². The molecule has 26 heavy (non-hydrogen) atoms. The summed E-state index contributed by atoms with van der Waals surface area (Å²) in [6, 6.07) is 13.5. The van der Waals surface area contributed by atoms with Gasteiger partial charge >= 0.3 is 0 Å². The summed E-state index contributed by atoms with van der Waals surface area (Å²) in [5.41, 5.74) is 4.02. The monoisotopic (exact) mass is 373 g/mol. The number of carbonyl (C=O) groups is 2. The van der Waals surface area contributed by atoms with Gasteiger partial charge in [0.25, 0.3) is 5.91 Å². The minimum absolute atomic E-state index is 0.176. The fourth-order valence-electron chi connectivity index (χ4n) is 2.10. The third-order valence-corrected chi connectivity index (χ3v) is 3.80. The Morgan fingerprint density at radius 3 is 2.42 bits per heavy atom. The minimum atomic E-state index is -0.705. The number of carbonyl (C=O) groups excluding carboxylic acids is 2. The van der Waals surface area contributed by atoms with Gasteiger partial charge in [-0.25, -0.2) is 5.43 Å². The van der Waals surface area contributed by atoms with Crippen molar-refractivity contribution in [1.82, 2.24) is 10.7 Å². The second-order valence-corrected chi connectivity index (χ2v) is 6.04. The van der Waals surface area contributed by atoms with E-state index in [0.717, 1.165) is 16.9 Å². The molecule has 2 amide bonds. The van der Waals surface area contributed by atoms with Crippen LogP contribution < -0.4 is 15.5 Å². The van der Waals surface area contributed by atoms with Crippen LogP contribution in [0.4, 0.5) is 0 Å². The number of methoxy groups -OCH3 is 1. The van der Waals surface area contributed by atoms with E-state index in [9.17, 15) is 9.59 Å². The largest absolute Gasteiger partial charge is 0.497 e. The van der Waals surface area contributed by atoms with Gasteiger partial charge in [0.15, 0.2) is 0 Å². The number of nitrogens with one attached hydrogen (secondary N) is 2. The molecule has 7 heteroatoms. The number of benzene rings is 2. The smallest absolute Gasteiger partial charge is 0.262 e. The van der Waals surface area contributed by atoms with E-state index in [1.165, 1.54) is 6.21 Å². The summed E-state index contributed by atoms with van der Waals surface area (Å²) < 4.78 is 5.07. The van der Waals surface area contributed by atoms with E-state index in [4.69, 9.17) is 16.3 Å². The van der Waals surface area contributed by atoms with E-state index in [1.807, 2.05) is 0 Å². The van der Waals surface area contributed by atoms with Crippen LogP contribution >= 0.6 is 11.6 Å². The molecule has 2 aromatic carbocycles. The van der Waals surface area contributed by atoms with Crippen LogP contribution in [0.5, 0.6) is 5.75 Å². The average molecular weight is 374 g/mol. The van der Waals surface area contributed by atoms with Crippen LogP contribution in [0.15, 0.2) is 53.6 Å². The summed E-state index contributed by atoms with van der Waals surface area (Å²) in [6.07, 6.45) is 1.68. The Balaban J connectivity index is 1.79. The Labute approximate surface area is 157 Å². The van der Waals surface area contributed by atoms with Crippen molar-refractivity contribution in [2.45, 2.75) is 19.4 Å². The van der Waals surface area contributed by atoms with Crippen LogP contribution in [0, 0.1) is 0 Å². The van der Waals surface area contributed by atoms with Crippen LogP contribution in [0.2, 0.25) is 5.02 Å². The lowest BCUT2D eigenvalue weighted by Crippen LogP contribution is -2.43. The van der Waals surface area contributed by atoms with E-state index in [0.29, 0.717) is 5.02 Å². The first-order valence-electron chi connectivity index (χ1n) is 7.98. The van der Waals surface area contributed by atoms with Gasteiger partial charge < -0.3 is 10.1 Å². The SMILES string of the molecule is COc1ccc(CC(=O)NC(C)C(=O)NN=Cc2ccc(Cl)cc2)cc1. The maximum absolute atomic E-state index is 12.0. The molecule has 0 saturated carbocycles. The van der Waals surface area contributed by atoms with E-state index in [1.54, 1.807) is 62.6 Å². The number of ether oxygens (including phenoxy) is 1. The van der Waals surface area contributed by atoms with Crippen molar-refractivity contribution in [2.75, 3.05) is 7.11 Å². The molecule has 0 spiro atoms. The molecule has 0 aliphatic rings. The molecule has 6 nitrogen and oxygen atoms in total. The summed E-state index contributed by atoms with van der Waals surface area (Å²) in [6.45, 7) is 1.60. The van der Waals surface area contributed by atoms with E-state index >= 15 is 0 Å². The fraction of sp³-hybridized carbons (Fsp3) is 0.211. The molecule has 0 bridgehead atoms. The molecule has 136 valence electrons. The van der Waals surface area contributed by atoms with E-state index in [2.05, 4.69) is 15.8 Å². The molecule has 1 atom stereocenters. The normalized spacial score (nSPS) is 11.8. The molecular weight excluding hydrogens is 354 g/mol. The Morgan fingerprint density at radius 1 is 1.15 bits per heavy atom. The summed E-state index contributed by atoms with van der Waals surface area (Å²) in [5.74, 6) is 0.0678. The maximum atomic E-state index is 12.0. The predicted octanol–water partition coefficient (Wildman–Crippen LogP) is 2.55. The molecule has 2 N–H and O–H groups in total. The molecule has 1 unspecified atom stereocenters. The lowest BCUT2D eigenvalue weighted by molar-refractivity contribution is -0.128. The minimum Gasteiger partial charge on any atom is -0.497 e. The van der Waals surface area contributed by atoms with Crippen LogP contribution in [0.3, 0.4) is 0 Å². The van der Waals surface area contributed by atoms with Gasteiger partial charge in [0.2, 0.25) is 5.91 Å². The first-order chi connectivity index (χ1) is 12.5. The van der Waals surface area contributed by atoms with Crippen LogP contribution in [-0.2, 0) is 16.0 Å². The van der Waals surface area contributed by atoms with Crippen molar-refractivity contribution in [3.63, 3.8) is 0 Å². The molecular formula is C19H20ClN3O3. The molecule has 2 rings (SSSR count). The fourth-order valence-corrected chi connectivity index (χ4v) is 2.23. The number of halogens is 1. The summed E-state index contributed by atoms with van der Waals surface area (Å²) in [7, 11) is 1.58. The van der Waals surface area contributed by atoms with Crippen molar-refractivity contribution in [3.05, 3.63) is 64.7 Å². The molecule has 0 aromatic heterocycles. The molecule has 0 heterocycles. The van der Waals surface area contributed by atoms with Gasteiger partial charge in [-0.15, -0.1) is 0 Å². The van der Waals surface area contributed by atoms with Crippen molar-refractivity contribution in [1.29, 1.82) is 0 Å². The maximum Gasteiger partial charge on any atom is 0.262 e. The summed E-state index contributed by atoms with van der Waals surface area (Å²) >= 11 is 5.80. The zero-order valence-electron chi connectivity index (χ0n) is 14.5. The Bertz CT molecular complexity index is 774. The van der Waals surface area contributed by atoms with Crippen molar-refractivity contribution in [2.24, 2.45) is 5.10 Å². The zero-order chi connectivity index (χ0) is 18.9. The highest BCUT2D eigenvalue weighted by Gasteiger charge is 2.15. The number of rotatable bonds is 7. The standard InChI is InChI=1S/C19H20ClN3O3/c1-13(19(25)23-21-12-15-3-7-16(20)8-4-15)22-18(24)11-14-5-9-17(26-2)10-6-14/h3-10,12-13H,11H2,1-2H3,(H,22,24)(H,23,25). The van der Waals surface area contributed by atoms with E-state index in [-0.39, 0.29) is 12.3 Å². The Morgan fingerprint density at radius 2 is 1.81 bits per heavy atom. The highest BCUT2D eigenvalue weighted by molar-refractivity contribution is 6.30. The predicted molar refractivity (Wildman–Crippen MR) is 101 cm³/mol. The first kappa shape index (κ1) is 19.5. The van der Waals surface area contributed by atoms with Gasteiger partial charge in [-0.2, -0.15) is 5.10 Å². The topological polar surface area (TPSA) is 79.8 Å². The van der Waals surface area contributed by atoms with Gasteiger partial charge in [0.1, 0.15) is 11.8 Å². The summed E-state index contributed by atoms with van der Waals surface area (Å²) in [4.78, 5) is 24.0. The van der Waals surface area contributed by atoms with Gasteiger partial charge in [-0.3, -0.25) is 9.59 Å². The number of hydrogen-bond acceptors (Lipinski definition) is 4. The lowest BCUT2D eigenvalue weighted by atomic mass is 10.1. The quantitative estimate of drug-likeness (QED) is 0.578. The second-order valence-electron chi connectivity index (χ2n) is 5.60. The average Bonchev–Trinajstić information content (AvgIpc) is 2.63. The molecule has 2 aromatic rings. The lowest BCUT2D eigenvalue weighted by Gasteiger charge is -2.12.